The molecular weight excluding hydrogens is 1070 g/mol. The molecule has 3 aromatic heterocycles. The van der Waals surface area contributed by atoms with Crippen LogP contribution in [-0.4, -0.2) is 9.55 Å². The van der Waals surface area contributed by atoms with E-state index in [-0.39, 0.29) is 37.5 Å². The number of rotatable bonds is 9. The van der Waals surface area contributed by atoms with Gasteiger partial charge in [0.15, 0.2) is 0 Å². The summed E-state index contributed by atoms with van der Waals surface area (Å²) in [4.78, 5) is 10.2. The fourth-order valence-electron chi connectivity index (χ4n) is 10.4. The molecule has 0 atom stereocenters. The first-order valence-corrected chi connectivity index (χ1v) is 25.3. The van der Waals surface area contributed by atoms with Crippen molar-refractivity contribution in [2.24, 2.45) is 0 Å². The minimum atomic E-state index is -2.36. The summed E-state index contributed by atoms with van der Waals surface area (Å²) in [5.41, 5.74) is 16.7. The molecule has 0 unspecified atom stereocenters. The smallest absolute Gasteiger partial charge is 0.501 e. The van der Waals surface area contributed by atoms with Crippen LogP contribution < -0.4 is 9.55 Å². The first-order valence-electron chi connectivity index (χ1n) is 26.8. The van der Waals surface area contributed by atoms with E-state index < -0.39 is 6.85 Å². The van der Waals surface area contributed by atoms with Gasteiger partial charge in [-0.1, -0.05) is 170 Å². The summed E-state index contributed by atoms with van der Waals surface area (Å²) in [6, 6.07) is 66.9. The van der Waals surface area contributed by atoms with Gasteiger partial charge >= 0.3 is 20.1 Å². The molecule has 12 aromatic rings. The van der Waals surface area contributed by atoms with Crippen molar-refractivity contribution in [2.75, 3.05) is 0 Å². The van der Waals surface area contributed by atoms with Crippen LogP contribution in [0.3, 0.4) is 0 Å². The second-order valence-corrected chi connectivity index (χ2v) is 20.1. The van der Waals surface area contributed by atoms with E-state index in [1.807, 2.05) is 78.9 Å². The van der Waals surface area contributed by atoms with E-state index in [2.05, 4.69) is 168 Å². The van der Waals surface area contributed by atoms with Crippen molar-refractivity contribution in [1.29, 1.82) is 0 Å². The van der Waals surface area contributed by atoms with Crippen molar-refractivity contribution in [3.8, 4) is 45.3 Å². The van der Waals surface area contributed by atoms with E-state index in [0.29, 0.717) is 39.8 Å². The maximum atomic E-state index is 8.46. The number of benzene rings is 9. The molecule has 0 aliphatic carbocycles. The number of aromatic nitrogens is 4. The van der Waals surface area contributed by atoms with Gasteiger partial charge in [-0.05, 0) is 116 Å². The predicted molar refractivity (Wildman–Crippen MR) is 300 cm³/mol. The van der Waals surface area contributed by atoms with Crippen molar-refractivity contribution in [3.05, 3.63) is 216 Å². The van der Waals surface area contributed by atoms with Crippen molar-refractivity contribution in [3.63, 3.8) is 0 Å². The van der Waals surface area contributed by atoms with Crippen LogP contribution in [0.4, 0.5) is 0 Å². The molecule has 0 bridgehead atoms. The van der Waals surface area contributed by atoms with Gasteiger partial charge in [0.25, 0.3) is 0 Å². The number of imidazole rings is 2. The zero-order valence-electron chi connectivity index (χ0n) is 45.6. The van der Waals surface area contributed by atoms with Gasteiger partial charge in [-0.2, -0.15) is 0 Å². The Morgan fingerprint density at radius 3 is 1.92 bits per heavy atom. The van der Waals surface area contributed by atoms with Gasteiger partial charge in [-0.3, -0.25) is 9.97 Å². The Morgan fingerprint density at radius 2 is 1.25 bits per heavy atom. The molecule has 0 saturated heterocycles. The fraction of sp³-hybridized carbons (Fsp3) is 0.194. The summed E-state index contributed by atoms with van der Waals surface area (Å²) < 4.78 is 36.6. The fourth-order valence-corrected chi connectivity index (χ4v) is 10.4. The second-order valence-electron chi connectivity index (χ2n) is 20.1. The number of fused-ring (bicyclic) bond motifs is 6. The van der Waals surface area contributed by atoms with E-state index in [1.54, 1.807) is 6.07 Å². The Kier molecular flexibility index (Phi) is 12.6. The maximum Gasteiger partial charge on any atom is 3.00 e. The van der Waals surface area contributed by atoms with E-state index in [0.717, 1.165) is 55.3 Å². The van der Waals surface area contributed by atoms with E-state index >= 15 is 0 Å². The maximum absolute atomic E-state index is 8.46. The summed E-state index contributed by atoms with van der Waals surface area (Å²) in [5, 5.41) is 3.40. The number of aryl methyl sites for hydroxylation is 1. The quantitative estimate of drug-likeness (QED) is 0.107. The normalized spacial score (nSPS) is 12.5. The van der Waals surface area contributed by atoms with Crippen LogP contribution in [0.1, 0.15) is 111 Å². The van der Waals surface area contributed by atoms with Crippen LogP contribution in [0.25, 0.3) is 100 Å². The number of para-hydroxylation sites is 5. The molecule has 0 saturated carbocycles. The van der Waals surface area contributed by atoms with Crippen LogP contribution in [0, 0.1) is 19.0 Å². The van der Waals surface area contributed by atoms with Gasteiger partial charge in [0.2, 0.25) is 0 Å². The van der Waals surface area contributed by atoms with Crippen molar-refractivity contribution in [1.82, 2.24) is 14.5 Å². The average Bonchev–Trinajstić information content (AvgIpc) is 4.12. The minimum absolute atomic E-state index is 0. The number of hydrogen-bond acceptors (Lipinski definition) is 2. The second kappa shape index (κ2) is 20.3. The molecule has 0 aliphatic rings. The number of nitrogens with zero attached hydrogens (tertiary/aromatic N) is 4. The van der Waals surface area contributed by atoms with Crippen LogP contribution in [-0.2, 0) is 20.1 Å². The molecule has 6 heteroatoms. The SMILES string of the molecule is CC(C)c1cccc(C(C)C)c1-n1c(-c2[c-]cccc2)nc2ccccc21.[2H]C([2H])([2H])c1c[c-]c(-c2[n-]c3ccccc3[n+]2-c2c(C(C)C)cc(-c3ccccc3)cc2C(C)C)c2oc3cc4ccccc4cc3c12.[Ir+3]. The molecule has 362 valence electrons. The molecule has 73 heavy (non-hydrogen) atoms. The predicted octanol–water partition coefficient (Wildman–Crippen LogP) is 17.6. The monoisotopic (exact) mass is 1130 g/mol. The Balaban J connectivity index is 0.000000199. The Morgan fingerprint density at radius 1 is 0.616 bits per heavy atom. The number of furan rings is 1. The van der Waals surface area contributed by atoms with Gasteiger partial charge in [0.05, 0.1) is 39.3 Å². The first kappa shape index (κ1) is 45.5. The average molecular weight is 1130 g/mol. The van der Waals surface area contributed by atoms with Crippen LogP contribution in [0.15, 0.2) is 180 Å². The third-order valence-corrected chi connectivity index (χ3v) is 14.0. The molecule has 9 aromatic carbocycles. The molecule has 5 nitrogen and oxygen atoms in total. The first-order chi connectivity index (χ1) is 36.2. The van der Waals surface area contributed by atoms with E-state index in [4.69, 9.17) is 18.5 Å². The molecule has 12 rings (SSSR count). The standard InChI is InChI=1S/C42H35N2O.C25H25N2.Ir/c1-25(2)33-22-31(28-13-7-6-8-14-28)23-34(26(3)4)40(33)44-37-18-12-11-17-36(37)43-42(44)32-20-19-27(5)39-35-21-29-15-9-10-16-30(29)24-38(35)45-41(32)39;1-17(2)20-13-10-14-21(18(3)4)24(20)27-23-16-9-8-15-22(23)26-25(27)19-11-6-5-7-12-19;/h6-19,21-26H,1-5H3;5-11,13-18H,1-4H3;/q2*-1;+3/i5D3;;. The minimum Gasteiger partial charge on any atom is -0.501 e. The summed E-state index contributed by atoms with van der Waals surface area (Å²) in [6.07, 6.45) is 0. The van der Waals surface area contributed by atoms with Crippen LogP contribution >= 0.6 is 0 Å². The zero-order valence-corrected chi connectivity index (χ0v) is 45.0. The number of hydrogen-bond donors (Lipinski definition) is 0. The molecule has 0 spiro atoms. The Hall–Kier alpha value is -7.37. The van der Waals surface area contributed by atoms with Crippen LogP contribution in [0.5, 0.6) is 0 Å². The van der Waals surface area contributed by atoms with Gasteiger partial charge in [-0.15, -0.1) is 53.6 Å². The molecular formula is C67H60IrN4O+. The summed E-state index contributed by atoms with van der Waals surface area (Å²) in [5.74, 6) is 2.87. The molecule has 3 heterocycles. The molecule has 0 fully saturated rings. The Labute approximate surface area is 447 Å². The van der Waals surface area contributed by atoms with Gasteiger partial charge in [0.1, 0.15) is 5.58 Å². The van der Waals surface area contributed by atoms with Crippen molar-refractivity contribution < 1.29 is 33.2 Å². The van der Waals surface area contributed by atoms with Gasteiger partial charge < -0.3 is 13.6 Å². The summed E-state index contributed by atoms with van der Waals surface area (Å²) >= 11 is 0. The van der Waals surface area contributed by atoms with Gasteiger partial charge in [0, 0.05) is 20.9 Å². The van der Waals surface area contributed by atoms with E-state index in [1.165, 1.54) is 39.1 Å². The third kappa shape index (κ3) is 8.91. The largest absolute Gasteiger partial charge is 3.00 e. The van der Waals surface area contributed by atoms with Crippen LogP contribution in [0.2, 0.25) is 0 Å². The summed E-state index contributed by atoms with van der Waals surface area (Å²) in [7, 11) is 0. The van der Waals surface area contributed by atoms with Crippen molar-refractivity contribution in [2.45, 2.75) is 85.9 Å². The van der Waals surface area contributed by atoms with Gasteiger partial charge in [-0.25, -0.2) is 0 Å². The molecule has 0 aliphatic heterocycles. The third-order valence-electron chi connectivity index (χ3n) is 14.0. The Bertz CT molecular complexity index is 4020. The zero-order chi connectivity index (χ0) is 52.3. The topological polar surface area (TPSA) is 48.9 Å². The van der Waals surface area contributed by atoms with Crippen molar-refractivity contribution >= 4 is 54.8 Å². The molecule has 0 N–H and O–H groups in total. The van der Waals surface area contributed by atoms with E-state index in [9.17, 15) is 0 Å². The molecule has 0 radical (unpaired) electrons. The summed E-state index contributed by atoms with van der Waals surface area (Å²) in [6.45, 7) is 15.6. The molecule has 0 amide bonds.